The van der Waals surface area contributed by atoms with Crippen LogP contribution in [0, 0.1) is 0 Å². The van der Waals surface area contributed by atoms with Crippen molar-refractivity contribution in [2.75, 3.05) is 26.2 Å². The predicted octanol–water partition coefficient (Wildman–Crippen LogP) is 5.11. The Kier molecular flexibility index (Phi) is 3.88. The molecule has 1 atom stereocenters. The van der Waals surface area contributed by atoms with Crippen LogP contribution in [-0.4, -0.2) is 31.1 Å². The minimum Gasteiger partial charge on any atom is -0.314 e. The van der Waals surface area contributed by atoms with Gasteiger partial charge in [-0.1, -0.05) is 60.7 Å². The lowest BCUT2D eigenvalue weighted by Gasteiger charge is -2.35. The quantitative estimate of drug-likeness (QED) is 0.410. The highest BCUT2D eigenvalue weighted by Crippen LogP contribution is 2.39. The Morgan fingerprint density at radius 2 is 1.54 bits per heavy atom. The highest BCUT2D eigenvalue weighted by molar-refractivity contribution is 6.23. The van der Waals surface area contributed by atoms with Gasteiger partial charge in [0.05, 0.1) is 0 Å². The molecule has 1 aliphatic heterocycles. The maximum Gasteiger partial charge on any atom is 0.0389 e. The summed E-state index contributed by atoms with van der Waals surface area (Å²) in [6.45, 7) is 8.37. The Bertz CT molecular complexity index is 1060. The average Bonchev–Trinajstić information content (AvgIpc) is 2.71. The van der Waals surface area contributed by atoms with Crippen molar-refractivity contribution in [3.8, 4) is 0 Å². The van der Waals surface area contributed by atoms with Crippen LogP contribution in [0.25, 0.3) is 32.3 Å². The standard InChI is InChI=1S/C24H24N2/c1-2-4-22(26-15-13-25-14-16-26)20-11-9-19-8-7-17-5-3-6-18-10-12-21(20)24(19)23(17)18/h2-3,5-12,22,25H,1,4,13-16H2/t22-/m0/s1. The number of hydrogen-bond acceptors (Lipinski definition) is 2. The van der Waals surface area contributed by atoms with Gasteiger partial charge in [-0.3, -0.25) is 4.90 Å². The van der Waals surface area contributed by atoms with Crippen LogP contribution in [0.15, 0.2) is 67.3 Å². The van der Waals surface area contributed by atoms with E-state index in [0.29, 0.717) is 6.04 Å². The summed E-state index contributed by atoms with van der Waals surface area (Å²) in [5, 5.41) is 11.7. The van der Waals surface area contributed by atoms with Gasteiger partial charge in [-0.05, 0) is 44.3 Å². The summed E-state index contributed by atoms with van der Waals surface area (Å²) in [6.07, 6.45) is 3.06. The molecule has 0 amide bonds. The van der Waals surface area contributed by atoms with Crippen molar-refractivity contribution >= 4 is 32.3 Å². The molecule has 26 heavy (non-hydrogen) atoms. The molecular weight excluding hydrogens is 316 g/mol. The van der Waals surface area contributed by atoms with E-state index in [1.807, 2.05) is 0 Å². The number of rotatable bonds is 4. The Labute approximate surface area is 154 Å². The first-order valence-corrected chi connectivity index (χ1v) is 9.59. The summed E-state index contributed by atoms with van der Waals surface area (Å²) in [5.41, 5.74) is 1.44. The van der Waals surface area contributed by atoms with Gasteiger partial charge in [0.2, 0.25) is 0 Å². The summed E-state index contributed by atoms with van der Waals surface area (Å²) in [6, 6.07) is 20.8. The topological polar surface area (TPSA) is 15.3 Å². The number of nitrogens with one attached hydrogen (secondary N) is 1. The van der Waals surface area contributed by atoms with E-state index in [-0.39, 0.29) is 0 Å². The van der Waals surface area contributed by atoms with E-state index in [0.717, 1.165) is 32.6 Å². The van der Waals surface area contributed by atoms with Crippen molar-refractivity contribution in [1.82, 2.24) is 10.2 Å². The average molecular weight is 340 g/mol. The highest BCUT2D eigenvalue weighted by atomic mass is 15.2. The van der Waals surface area contributed by atoms with E-state index in [9.17, 15) is 0 Å². The Hall–Kier alpha value is -2.42. The Balaban J connectivity index is 1.77. The molecule has 1 N–H and O–H groups in total. The van der Waals surface area contributed by atoms with Gasteiger partial charge in [0, 0.05) is 32.2 Å². The number of nitrogens with zero attached hydrogens (tertiary/aromatic N) is 1. The second-order valence-electron chi connectivity index (χ2n) is 7.34. The van der Waals surface area contributed by atoms with Crippen LogP contribution in [0.2, 0.25) is 0 Å². The third-order valence-corrected chi connectivity index (χ3v) is 5.90. The fourth-order valence-corrected chi connectivity index (χ4v) is 4.67. The van der Waals surface area contributed by atoms with Gasteiger partial charge in [-0.2, -0.15) is 0 Å². The first-order chi connectivity index (χ1) is 12.9. The van der Waals surface area contributed by atoms with E-state index in [2.05, 4.69) is 77.5 Å². The van der Waals surface area contributed by atoms with Crippen molar-refractivity contribution in [3.05, 3.63) is 72.8 Å². The van der Waals surface area contributed by atoms with Crippen molar-refractivity contribution in [3.63, 3.8) is 0 Å². The van der Waals surface area contributed by atoms with Gasteiger partial charge in [0.15, 0.2) is 0 Å². The van der Waals surface area contributed by atoms with E-state index in [1.54, 1.807) is 0 Å². The molecule has 0 radical (unpaired) electrons. The number of benzene rings is 4. The van der Waals surface area contributed by atoms with Crippen LogP contribution in [0.3, 0.4) is 0 Å². The molecule has 0 unspecified atom stereocenters. The molecule has 1 fully saturated rings. The Morgan fingerprint density at radius 3 is 2.27 bits per heavy atom. The summed E-state index contributed by atoms with van der Waals surface area (Å²) >= 11 is 0. The summed E-state index contributed by atoms with van der Waals surface area (Å²) < 4.78 is 0. The van der Waals surface area contributed by atoms with Crippen LogP contribution in [0.4, 0.5) is 0 Å². The maximum atomic E-state index is 4.04. The molecule has 2 heteroatoms. The zero-order chi connectivity index (χ0) is 17.5. The summed E-state index contributed by atoms with van der Waals surface area (Å²) in [7, 11) is 0. The molecular formula is C24H24N2. The van der Waals surface area contributed by atoms with Gasteiger partial charge < -0.3 is 5.32 Å². The van der Waals surface area contributed by atoms with Crippen LogP contribution in [0.5, 0.6) is 0 Å². The second kappa shape index (κ2) is 6.39. The summed E-state index contributed by atoms with van der Waals surface area (Å²) in [4.78, 5) is 2.62. The van der Waals surface area contributed by atoms with Gasteiger partial charge in [-0.25, -0.2) is 0 Å². The van der Waals surface area contributed by atoms with Crippen molar-refractivity contribution in [1.29, 1.82) is 0 Å². The highest BCUT2D eigenvalue weighted by Gasteiger charge is 2.23. The van der Waals surface area contributed by atoms with Crippen LogP contribution < -0.4 is 5.32 Å². The molecule has 4 aromatic rings. The largest absolute Gasteiger partial charge is 0.314 e. The second-order valence-corrected chi connectivity index (χ2v) is 7.34. The molecule has 2 nitrogen and oxygen atoms in total. The SMILES string of the molecule is C=CC[C@@H](c1ccc2ccc3cccc4ccc1c2c34)N1CCNCC1. The molecule has 4 aromatic carbocycles. The molecule has 130 valence electrons. The van der Waals surface area contributed by atoms with Gasteiger partial charge in [0.25, 0.3) is 0 Å². The van der Waals surface area contributed by atoms with Crippen molar-refractivity contribution < 1.29 is 0 Å². The van der Waals surface area contributed by atoms with Gasteiger partial charge >= 0.3 is 0 Å². The molecule has 0 aromatic heterocycles. The molecule has 0 aliphatic carbocycles. The first kappa shape index (κ1) is 15.8. The molecule has 1 saturated heterocycles. The third kappa shape index (κ3) is 2.41. The normalized spacial score (nSPS) is 17.2. The van der Waals surface area contributed by atoms with E-state index in [4.69, 9.17) is 0 Å². The third-order valence-electron chi connectivity index (χ3n) is 5.90. The molecule has 1 heterocycles. The van der Waals surface area contributed by atoms with Crippen LogP contribution in [0.1, 0.15) is 18.0 Å². The predicted molar refractivity (Wildman–Crippen MR) is 112 cm³/mol. The lowest BCUT2D eigenvalue weighted by Crippen LogP contribution is -2.45. The monoisotopic (exact) mass is 340 g/mol. The molecule has 5 rings (SSSR count). The smallest absolute Gasteiger partial charge is 0.0389 e. The van der Waals surface area contributed by atoms with Crippen LogP contribution >= 0.6 is 0 Å². The van der Waals surface area contributed by atoms with Crippen LogP contribution in [-0.2, 0) is 0 Å². The lowest BCUT2D eigenvalue weighted by molar-refractivity contribution is 0.175. The van der Waals surface area contributed by atoms with Crippen molar-refractivity contribution in [2.24, 2.45) is 0 Å². The zero-order valence-corrected chi connectivity index (χ0v) is 15.0. The minimum atomic E-state index is 0.402. The van der Waals surface area contributed by atoms with E-state index in [1.165, 1.54) is 37.9 Å². The first-order valence-electron chi connectivity index (χ1n) is 9.59. The van der Waals surface area contributed by atoms with Gasteiger partial charge in [0.1, 0.15) is 0 Å². The van der Waals surface area contributed by atoms with E-state index < -0.39 is 0 Å². The molecule has 0 saturated carbocycles. The molecule has 0 bridgehead atoms. The lowest BCUT2D eigenvalue weighted by atomic mass is 9.88. The molecule has 1 aliphatic rings. The summed E-state index contributed by atoms with van der Waals surface area (Å²) in [5.74, 6) is 0. The maximum absolute atomic E-state index is 4.04. The van der Waals surface area contributed by atoms with Crippen molar-refractivity contribution in [2.45, 2.75) is 12.5 Å². The fourth-order valence-electron chi connectivity index (χ4n) is 4.67. The minimum absolute atomic E-state index is 0.402. The molecule has 0 spiro atoms. The zero-order valence-electron chi connectivity index (χ0n) is 15.0. The Morgan fingerprint density at radius 1 is 0.885 bits per heavy atom. The number of piperazine rings is 1. The fraction of sp³-hybridized carbons (Fsp3) is 0.250. The van der Waals surface area contributed by atoms with Gasteiger partial charge in [-0.15, -0.1) is 6.58 Å². The van der Waals surface area contributed by atoms with E-state index >= 15 is 0 Å². The number of hydrogen-bond donors (Lipinski definition) is 1.